The Morgan fingerprint density at radius 1 is 1.41 bits per heavy atom. The molecule has 3 heterocycles. The van der Waals surface area contributed by atoms with E-state index in [1.807, 2.05) is 18.3 Å². The molecular weight excluding hydrogens is 296 g/mol. The molecule has 0 bridgehead atoms. The molecule has 0 saturated carbocycles. The van der Waals surface area contributed by atoms with E-state index in [-0.39, 0.29) is 0 Å². The SMILES string of the molecule is C=CN1CCN(C(=S)N/N=C2/CCNc3cccnc32)CC1. The molecule has 2 aliphatic rings. The van der Waals surface area contributed by atoms with Gasteiger partial charge in [0.25, 0.3) is 0 Å². The summed E-state index contributed by atoms with van der Waals surface area (Å²) in [5.41, 5.74) is 5.91. The molecule has 3 rings (SSSR count). The van der Waals surface area contributed by atoms with Gasteiger partial charge in [0.2, 0.25) is 0 Å². The molecule has 7 heteroatoms. The third kappa shape index (κ3) is 3.19. The fraction of sp³-hybridized carbons (Fsp3) is 0.400. The van der Waals surface area contributed by atoms with Crippen LogP contribution in [0.1, 0.15) is 12.1 Å². The lowest BCUT2D eigenvalue weighted by Crippen LogP contribution is -2.49. The highest BCUT2D eigenvalue weighted by molar-refractivity contribution is 7.80. The minimum Gasteiger partial charge on any atom is -0.383 e. The fourth-order valence-corrected chi connectivity index (χ4v) is 2.84. The molecule has 0 unspecified atom stereocenters. The van der Waals surface area contributed by atoms with Crippen molar-refractivity contribution in [1.29, 1.82) is 0 Å². The number of pyridine rings is 1. The summed E-state index contributed by atoms with van der Waals surface area (Å²) in [6.07, 6.45) is 4.50. The average molecular weight is 316 g/mol. The number of fused-ring (bicyclic) bond motifs is 1. The Labute approximate surface area is 135 Å². The highest BCUT2D eigenvalue weighted by atomic mass is 32.1. The molecule has 0 aliphatic carbocycles. The minimum absolute atomic E-state index is 0.673. The van der Waals surface area contributed by atoms with Crippen molar-refractivity contribution in [3.8, 4) is 0 Å². The monoisotopic (exact) mass is 316 g/mol. The smallest absolute Gasteiger partial charge is 0.189 e. The van der Waals surface area contributed by atoms with E-state index < -0.39 is 0 Å². The van der Waals surface area contributed by atoms with Gasteiger partial charge in [-0.1, -0.05) is 6.58 Å². The lowest BCUT2D eigenvalue weighted by Gasteiger charge is -2.35. The molecular formula is C15H20N6S. The van der Waals surface area contributed by atoms with Crippen molar-refractivity contribution in [2.45, 2.75) is 6.42 Å². The molecule has 1 saturated heterocycles. The molecule has 1 aromatic heterocycles. The summed E-state index contributed by atoms with van der Waals surface area (Å²) < 4.78 is 0. The van der Waals surface area contributed by atoms with Gasteiger partial charge in [-0.15, -0.1) is 0 Å². The van der Waals surface area contributed by atoms with Gasteiger partial charge in [0.05, 0.1) is 11.4 Å². The Kier molecular flexibility index (Phi) is 4.53. The summed E-state index contributed by atoms with van der Waals surface area (Å²) in [5, 5.41) is 8.49. The van der Waals surface area contributed by atoms with Gasteiger partial charge < -0.3 is 15.1 Å². The van der Waals surface area contributed by atoms with Crippen molar-refractivity contribution in [2.24, 2.45) is 5.10 Å². The highest BCUT2D eigenvalue weighted by Gasteiger charge is 2.18. The minimum atomic E-state index is 0.673. The first-order valence-electron chi connectivity index (χ1n) is 7.45. The average Bonchev–Trinajstić information content (AvgIpc) is 2.59. The summed E-state index contributed by atoms with van der Waals surface area (Å²) in [7, 11) is 0. The van der Waals surface area contributed by atoms with Crippen molar-refractivity contribution in [2.75, 3.05) is 38.0 Å². The molecule has 22 heavy (non-hydrogen) atoms. The summed E-state index contributed by atoms with van der Waals surface area (Å²) in [5.74, 6) is 0. The Morgan fingerprint density at radius 3 is 3.00 bits per heavy atom. The molecule has 0 atom stereocenters. The topological polar surface area (TPSA) is 55.8 Å². The Balaban J connectivity index is 1.63. The van der Waals surface area contributed by atoms with Crippen LogP contribution in [0.2, 0.25) is 0 Å². The first kappa shape index (κ1) is 14.8. The normalized spacial score (nSPS) is 19.4. The number of hydrogen-bond donors (Lipinski definition) is 2. The van der Waals surface area contributed by atoms with Crippen molar-refractivity contribution < 1.29 is 0 Å². The summed E-state index contributed by atoms with van der Waals surface area (Å²) in [4.78, 5) is 8.74. The summed E-state index contributed by atoms with van der Waals surface area (Å²) in [6, 6.07) is 3.94. The molecule has 1 fully saturated rings. The lowest BCUT2D eigenvalue weighted by atomic mass is 10.1. The fourth-order valence-electron chi connectivity index (χ4n) is 2.61. The van der Waals surface area contributed by atoms with E-state index in [2.05, 4.69) is 37.2 Å². The predicted octanol–water partition coefficient (Wildman–Crippen LogP) is 1.24. The largest absolute Gasteiger partial charge is 0.383 e. The zero-order chi connectivity index (χ0) is 15.4. The number of aromatic nitrogens is 1. The first-order chi connectivity index (χ1) is 10.8. The van der Waals surface area contributed by atoms with E-state index in [4.69, 9.17) is 12.2 Å². The van der Waals surface area contributed by atoms with Gasteiger partial charge in [0.1, 0.15) is 5.69 Å². The molecule has 1 aromatic rings. The number of rotatable bonds is 2. The second-order valence-electron chi connectivity index (χ2n) is 5.26. The van der Waals surface area contributed by atoms with Gasteiger partial charge >= 0.3 is 0 Å². The van der Waals surface area contributed by atoms with E-state index >= 15 is 0 Å². The molecule has 6 nitrogen and oxygen atoms in total. The molecule has 2 aliphatic heterocycles. The van der Waals surface area contributed by atoms with Crippen LogP contribution in [-0.4, -0.2) is 58.3 Å². The summed E-state index contributed by atoms with van der Waals surface area (Å²) in [6.45, 7) is 8.32. The van der Waals surface area contributed by atoms with E-state index in [1.54, 1.807) is 6.20 Å². The maximum Gasteiger partial charge on any atom is 0.189 e. The quantitative estimate of drug-likeness (QED) is 0.632. The van der Waals surface area contributed by atoms with E-state index in [0.29, 0.717) is 5.11 Å². The number of hydrazone groups is 1. The van der Waals surface area contributed by atoms with Crippen LogP contribution in [0.4, 0.5) is 5.69 Å². The molecule has 0 spiro atoms. The second-order valence-corrected chi connectivity index (χ2v) is 5.64. The first-order valence-corrected chi connectivity index (χ1v) is 7.86. The number of thiocarbonyl (C=S) groups is 1. The lowest BCUT2D eigenvalue weighted by molar-refractivity contribution is 0.236. The number of nitrogens with zero attached hydrogens (tertiary/aromatic N) is 4. The molecule has 0 radical (unpaired) electrons. The Morgan fingerprint density at radius 2 is 2.23 bits per heavy atom. The standard InChI is InChI=1S/C15H20N6S/c1-2-20-8-10-21(11-9-20)15(22)19-18-13-5-7-16-12-4-3-6-17-14(12)13/h2-4,6,16H,1,5,7-11H2,(H,19,22)/b18-13-. The van der Waals surface area contributed by atoms with E-state index in [1.165, 1.54) is 0 Å². The number of piperazine rings is 1. The van der Waals surface area contributed by atoms with Crippen LogP contribution in [-0.2, 0) is 0 Å². The molecule has 0 amide bonds. The maximum absolute atomic E-state index is 5.44. The van der Waals surface area contributed by atoms with Crippen LogP contribution in [0.15, 0.2) is 36.2 Å². The van der Waals surface area contributed by atoms with Crippen molar-refractivity contribution in [3.63, 3.8) is 0 Å². The number of anilines is 1. The van der Waals surface area contributed by atoms with Crippen LogP contribution in [0.3, 0.4) is 0 Å². The van der Waals surface area contributed by atoms with Crippen LogP contribution < -0.4 is 10.7 Å². The maximum atomic E-state index is 5.44. The third-order valence-electron chi connectivity index (χ3n) is 3.90. The van der Waals surface area contributed by atoms with Gasteiger partial charge in [-0.3, -0.25) is 10.4 Å². The zero-order valence-corrected chi connectivity index (χ0v) is 13.3. The molecule has 2 N–H and O–H groups in total. The van der Waals surface area contributed by atoms with Crippen LogP contribution in [0.25, 0.3) is 0 Å². The Bertz CT molecular complexity index is 591. The van der Waals surface area contributed by atoms with E-state index in [0.717, 1.165) is 56.2 Å². The zero-order valence-electron chi connectivity index (χ0n) is 12.5. The van der Waals surface area contributed by atoms with Gasteiger partial charge in [0.15, 0.2) is 5.11 Å². The highest BCUT2D eigenvalue weighted by Crippen LogP contribution is 2.18. The van der Waals surface area contributed by atoms with Crippen molar-refractivity contribution in [1.82, 2.24) is 20.2 Å². The third-order valence-corrected chi connectivity index (χ3v) is 4.25. The van der Waals surface area contributed by atoms with Gasteiger partial charge in [-0.05, 0) is 30.6 Å². The van der Waals surface area contributed by atoms with Crippen molar-refractivity contribution in [3.05, 3.63) is 36.8 Å². The number of nitrogens with one attached hydrogen (secondary N) is 2. The molecule has 116 valence electrons. The summed E-state index contributed by atoms with van der Waals surface area (Å²) >= 11 is 5.44. The van der Waals surface area contributed by atoms with Crippen molar-refractivity contribution >= 4 is 28.7 Å². The number of hydrogen-bond acceptors (Lipinski definition) is 5. The molecule has 0 aromatic carbocycles. The van der Waals surface area contributed by atoms with E-state index in [9.17, 15) is 0 Å². The second kappa shape index (κ2) is 6.74. The Hall–Kier alpha value is -2.15. The predicted molar refractivity (Wildman–Crippen MR) is 93.0 cm³/mol. The van der Waals surface area contributed by atoms with Crippen LogP contribution in [0.5, 0.6) is 0 Å². The van der Waals surface area contributed by atoms with Crippen LogP contribution in [0, 0.1) is 0 Å². The van der Waals surface area contributed by atoms with Gasteiger partial charge in [-0.25, -0.2) is 0 Å². The van der Waals surface area contributed by atoms with Gasteiger partial charge in [0, 0.05) is 45.3 Å². The van der Waals surface area contributed by atoms with Gasteiger partial charge in [-0.2, -0.15) is 5.10 Å². The van der Waals surface area contributed by atoms with Crippen LogP contribution >= 0.6 is 12.2 Å².